The number of amides is 2. The number of nitro groups is 1. The van der Waals surface area contributed by atoms with Crippen molar-refractivity contribution in [3.05, 3.63) is 64.2 Å². The zero-order valence-corrected chi connectivity index (χ0v) is 14.4. The minimum Gasteiger partial charge on any atom is -0.326 e. The van der Waals surface area contributed by atoms with Crippen LogP contribution in [0.1, 0.15) is 12.5 Å². The average Bonchev–Trinajstić information content (AvgIpc) is 2.54. The second-order valence-electron chi connectivity index (χ2n) is 5.30. The number of para-hydroxylation sites is 1. The molecule has 0 bridgehead atoms. The van der Waals surface area contributed by atoms with Gasteiger partial charge in [-0.2, -0.15) is 0 Å². The number of hydrogen-bond donors (Lipinski definition) is 2. The minimum absolute atomic E-state index is 0.135. The molecular weight excluding hydrogens is 362 g/mol. The second kappa shape index (κ2) is 7.74. The van der Waals surface area contributed by atoms with E-state index in [1.807, 2.05) is 4.72 Å². The number of anilines is 1. The number of nitrogens with one attached hydrogen (secondary N) is 2. The lowest BCUT2D eigenvalue weighted by atomic mass is 10.1. The van der Waals surface area contributed by atoms with Gasteiger partial charge >= 0.3 is 0 Å². The van der Waals surface area contributed by atoms with Gasteiger partial charge in [-0.15, -0.1) is 0 Å². The topological polar surface area (TPSA) is 135 Å². The van der Waals surface area contributed by atoms with Crippen molar-refractivity contribution < 1.29 is 22.9 Å². The van der Waals surface area contributed by atoms with E-state index in [2.05, 4.69) is 5.32 Å². The summed E-state index contributed by atoms with van der Waals surface area (Å²) in [6.45, 7) is 1.08. The normalized spacial score (nSPS) is 10.8. The Hall–Kier alpha value is -3.27. The van der Waals surface area contributed by atoms with Crippen LogP contribution >= 0.6 is 0 Å². The van der Waals surface area contributed by atoms with Crippen LogP contribution < -0.4 is 10.0 Å². The third-order valence-corrected chi connectivity index (χ3v) is 4.71. The monoisotopic (exact) mass is 377 g/mol. The van der Waals surface area contributed by atoms with E-state index < -0.39 is 26.8 Å². The maximum Gasteiger partial charge on any atom is 0.273 e. The molecule has 10 heteroatoms. The van der Waals surface area contributed by atoms with E-state index in [1.54, 1.807) is 6.07 Å². The van der Waals surface area contributed by atoms with Crippen molar-refractivity contribution in [2.75, 3.05) is 5.32 Å². The second-order valence-corrected chi connectivity index (χ2v) is 6.98. The number of carbonyl (C=O) groups is 2. The summed E-state index contributed by atoms with van der Waals surface area (Å²) in [6, 6.07) is 11.1. The Kier molecular flexibility index (Phi) is 5.68. The lowest BCUT2D eigenvalue weighted by molar-refractivity contribution is -0.385. The fourth-order valence-corrected chi connectivity index (χ4v) is 3.17. The molecule has 0 saturated carbocycles. The van der Waals surface area contributed by atoms with Crippen LogP contribution in [0, 0.1) is 10.1 Å². The number of nitro benzene ring substituents is 1. The van der Waals surface area contributed by atoms with Crippen LogP contribution in [-0.2, 0) is 26.0 Å². The molecule has 0 spiro atoms. The first-order valence-electron chi connectivity index (χ1n) is 7.34. The summed E-state index contributed by atoms with van der Waals surface area (Å²) in [5, 5.41) is 13.5. The molecule has 0 fully saturated rings. The van der Waals surface area contributed by atoms with Gasteiger partial charge in [0.25, 0.3) is 15.7 Å². The summed E-state index contributed by atoms with van der Waals surface area (Å²) >= 11 is 0. The van der Waals surface area contributed by atoms with Gasteiger partial charge in [0.1, 0.15) is 0 Å². The Bertz CT molecular complexity index is 954. The first kappa shape index (κ1) is 19.1. The number of sulfonamides is 1. The van der Waals surface area contributed by atoms with Crippen LogP contribution in [0.4, 0.5) is 11.4 Å². The van der Waals surface area contributed by atoms with E-state index in [1.165, 1.54) is 42.5 Å². The largest absolute Gasteiger partial charge is 0.326 e. The van der Waals surface area contributed by atoms with Gasteiger partial charge < -0.3 is 5.32 Å². The molecule has 0 radical (unpaired) electrons. The first-order valence-corrected chi connectivity index (χ1v) is 8.83. The number of benzene rings is 2. The van der Waals surface area contributed by atoms with Gasteiger partial charge in [0.2, 0.25) is 11.8 Å². The SMILES string of the molecule is CC(=O)NS(=O)(=O)c1ccc(NC(=O)Cc2ccccc2[N+](=O)[O-])cc1. The summed E-state index contributed by atoms with van der Waals surface area (Å²) in [4.78, 5) is 33.2. The molecule has 2 amide bonds. The summed E-state index contributed by atoms with van der Waals surface area (Å²) < 4.78 is 25.5. The van der Waals surface area contributed by atoms with E-state index >= 15 is 0 Å². The van der Waals surface area contributed by atoms with Crippen LogP contribution in [0.25, 0.3) is 0 Å². The highest BCUT2D eigenvalue weighted by atomic mass is 32.2. The molecule has 2 aromatic carbocycles. The molecule has 26 heavy (non-hydrogen) atoms. The van der Waals surface area contributed by atoms with E-state index in [-0.39, 0.29) is 22.6 Å². The van der Waals surface area contributed by atoms with E-state index in [0.717, 1.165) is 6.92 Å². The van der Waals surface area contributed by atoms with Gasteiger partial charge in [-0.05, 0) is 24.3 Å². The van der Waals surface area contributed by atoms with Crippen molar-refractivity contribution in [2.24, 2.45) is 0 Å². The third-order valence-electron chi connectivity index (χ3n) is 3.27. The van der Waals surface area contributed by atoms with Gasteiger partial charge in [-0.3, -0.25) is 19.7 Å². The van der Waals surface area contributed by atoms with E-state index in [0.29, 0.717) is 5.69 Å². The summed E-state index contributed by atoms with van der Waals surface area (Å²) in [5.41, 5.74) is 0.426. The molecule has 0 unspecified atom stereocenters. The highest BCUT2D eigenvalue weighted by molar-refractivity contribution is 7.90. The molecule has 2 rings (SSSR count). The fraction of sp³-hybridized carbons (Fsp3) is 0.125. The number of rotatable bonds is 6. The van der Waals surface area contributed by atoms with E-state index in [9.17, 15) is 28.1 Å². The maximum atomic E-state index is 12.1. The standard InChI is InChI=1S/C16H15N3O6S/c1-11(20)18-26(24,25)14-8-6-13(7-9-14)17-16(21)10-12-4-2-3-5-15(12)19(22)23/h2-9H,10H2,1H3,(H,17,21)(H,18,20). The Morgan fingerprint density at radius 3 is 2.27 bits per heavy atom. The lowest BCUT2D eigenvalue weighted by Crippen LogP contribution is -2.28. The Labute approximate surface area is 149 Å². The molecule has 0 aliphatic carbocycles. The van der Waals surface area contributed by atoms with Crippen LogP contribution in [-0.4, -0.2) is 25.2 Å². The fourth-order valence-electron chi connectivity index (χ4n) is 2.18. The molecule has 0 heterocycles. The van der Waals surface area contributed by atoms with Crippen molar-refractivity contribution in [1.82, 2.24) is 4.72 Å². The molecule has 9 nitrogen and oxygen atoms in total. The van der Waals surface area contributed by atoms with Gasteiger partial charge in [0.05, 0.1) is 16.2 Å². The minimum atomic E-state index is -3.96. The molecule has 0 aromatic heterocycles. The Morgan fingerprint density at radius 1 is 1.08 bits per heavy atom. The zero-order valence-electron chi connectivity index (χ0n) is 13.6. The molecule has 136 valence electrons. The Balaban J connectivity index is 2.09. The summed E-state index contributed by atoms with van der Waals surface area (Å²) in [7, 11) is -3.96. The van der Waals surface area contributed by atoms with Gasteiger partial charge in [0.15, 0.2) is 0 Å². The Morgan fingerprint density at radius 2 is 1.69 bits per heavy atom. The molecule has 0 atom stereocenters. The summed E-state index contributed by atoms with van der Waals surface area (Å²) in [5.74, 6) is -1.20. The lowest BCUT2D eigenvalue weighted by Gasteiger charge is -2.08. The van der Waals surface area contributed by atoms with Crippen molar-refractivity contribution in [1.29, 1.82) is 0 Å². The van der Waals surface area contributed by atoms with Crippen molar-refractivity contribution in [3.8, 4) is 0 Å². The maximum absolute atomic E-state index is 12.1. The highest BCUT2D eigenvalue weighted by Crippen LogP contribution is 2.19. The molecule has 2 aromatic rings. The highest BCUT2D eigenvalue weighted by Gasteiger charge is 2.17. The molecular formula is C16H15N3O6S. The first-order chi connectivity index (χ1) is 12.2. The van der Waals surface area contributed by atoms with E-state index in [4.69, 9.17) is 0 Å². The molecule has 0 aliphatic rings. The third kappa shape index (κ3) is 4.86. The average molecular weight is 377 g/mol. The van der Waals surface area contributed by atoms with Crippen molar-refractivity contribution >= 4 is 33.2 Å². The van der Waals surface area contributed by atoms with Gasteiger partial charge in [0, 0.05) is 24.2 Å². The zero-order chi connectivity index (χ0) is 19.3. The number of hydrogen-bond acceptors (Lipinski definition) is 6. The van der Waals surface area contributed by atoms with Crippen molar-refractivity contribution in [2.45, 2.75) is 18.2 Å². The smallest absolute Gasteiger partial charge is 0.273 e. The number of carbonyl (C=O) groups excluding carboxylic acids is 2. The van der Waals surface area contributed by atoms with Crippen LogP contribution in [0.15, 0.2) is 53.4 Å². The van der Waals surface area contributed by atoms with Gasteiger partial charge in [-0.1, -0.05) is 18.2 Å². The molecule has 0 aliphatic heterocycles. The number of nitrogens with zero attached hydrogens (tertiary/aromatic N) is 1. The quantitative estimate of drug-likeness (QED) is 0.580. The summed E-state index contributed by atoms with van der Waals surface area (Å²) in [6.07, 6.45) is -0.205. The molecule has 0 saturated heterocycles. The van der Waals surface area contributed by atoms with Crippen molar-refractivity contribution in [3.63, 3.8) is 0 Å². The van der Waals surface area contributed by atoms with Crippen LogP contribution in [0.3, 0.4) is 0 Å². The van der Waals surface area contributed by atoms with Gasteiger partial charge in [-0.25, -0.2) is 13.1 Å². The van der Waals surface area contributed by atoms with Crippen LogP contribution in [0.2, 0.25) is 0 Å². The molecule has 2 N–H and O–H groups in total. The van der Waals surface area contributed by atoms with Crippen LogP contribution in [0.5, 0.6) is 0 Å². The predicted octanol–water partition coefficient (Wildman–Crippen LogP) is 1.60. The predicted molar refractivity (Wildman–Crippen MR) is 92.9 cm³/mol.